The predicted octanol–water partition coefficient (Wildman–Crippen LogP) is 2.63. The van der Waals surface area contributed by atoms with Crippen LogP contribution in [0.25, 0.3) is 0 Å². The fourth-order valence-corrected chi connectivity index (χ4v) is 3.21. The molecule has 2 rings (SSSR count). The molecule has 2 aliphatic carbocycles. The van der Waals surface area contributed by atoms with Gasteiger partial charge in [-0.25, -0.2) is 0 Å². The summed E-state index contributed by atoms with van der Waals surface area (Å²) < 4.78 is 0. The summed E-state index contributed by atoms with van der Waals surface area (Å²) in [5, 5.41) is 10.2. The molecular weight excluding hydrogens is 200 g/mol. The van der Waals surface area contributed by atoms with Gasteiger partial charge in [-0.15, -0.1) is 0 Å². The van der Waals surface area contributed by atoms with Gasteiger partial charge in [-0.05, 0) is 25.7 Å². The van der Waals surface area contributed by atoms with Crippen LogP contribution in [0, 0.1) is 11.3 Å². The van der Waals surface area contributed by atoms with E-state index in [1.807, 2.05) is 18.2 Å². The lowest BCUT2D eigenvalue weighted by atomic mass is 9.62. The van der Waals surface area contributed by atoms with Crippen LogP contribution in [-0.4, -0.2) is 17.0 Å². The maximum absolute atomic E-state index is 12.0. The first-order valence-electron chi connectivity index (χ1n) is 6.23. The Kier molecular flexibility index (Phi) is 3.29. The first-order chi connectivity index (χ1) is 7.68. The SMILES string of the molecule is CC(=O)C1(C2CCCCC2)C=CC=CC1O. The summed E-state index contributed by atoms with van der Waals surface area (Å²) in [5.41, 5.74) is -0.644. The molecule has 0 aromatic carbocycles. The van der Waals surface area contributed by atoms with Crippen molar-refractivity contribution in [3.63, 3.8) is 0 Å². The van der Waals surface area contributed by atoms with Crippen LogP contribution in [0.1, 0.15) is 39.0 Å². The highest BCUT2D eigenvalue weighted by Gasteiger charge is 2.46. The number of allylic oxidation sites excluding steroid dienone is 2. The fourth-order valence-electron chi connectivity index (χ4n) is 3.21. The van der Waals surface area contributed by atoms with E-state index in [1.54, 1.807) is 13.0 Å². The molecule has 2 atom stereocenters. The van der Waals surface area contributed by atoms with Gasteiger partial charge < -0.3 is 5.11 Å². The van der Waals surface area contributed by atoms with Gasteiger partial charge in [-0.1, -0.05) is 43.6 Å². The zero-order chi connectivity index (χ0) is 11.6. The lowest BCUT2D eigenvalue weighted by Gasteiger charge is -2.42. The van der Waals surface area contributed by atoms with Crippen molar-refractivity contribution in [3.8, 4) is 0 Å². The number of carbonyl (C=O) groups excluding carboxylic acids is 1. The van der Waals surface area contributed by atoms with Crippen LogP contribution in [0.3, 0.4) is 0 Å². The molecule has 0 aromatic rings. The van der Waals surface area contributed by atoms with Gasteiger partial charge in [0.15, 0.2) is 0 Å². The predicted molar refractivity (Wildman–Crippen MR) is 64.0 cm³/mol. The molecule has 0 heterocycles. The summed E-state index contributed by atoms with van der Waals surface area (Å²) in [4.78, 5) is 12.0. The Morgan fingerprint density at radius 2 is 1.94 bits per heavy atom. The standard InChI is InChI=1S/C14H20O2/c1-11(15)14(10-6-5-9-13(14)16)12-7-3-2-4-8-12/h5-6,9-10,12-13,16H,2-4,7-8H2,1H3. The number of ketones is 1. The van der Waals surface area contributed by atoms with Gasteiger partial charge in [0, 0.05) is 0 Å². The highest BCUT2D eigenvalue weighted by Crippen LogP contribution is 2.44. The monoisotopic (exact) mass is 220 g/mol. The van der Waals surface area contributed by atoms with E-state index in [-0.39, 0.29) is 5.78 Å². The zero-order valence-corrected chi connectivity index (χ0v) is 9.86. The summed E-state index contributed by atoms with van der Waals surface area (Å²) in [6.07, 6.45) is 12.5. The van der Waals surface area contributed by atoms with Crippen molar-refractivity contribution in [2.45, 2.75) is 45.1 Å². The molecule has 1 fully saturated rings. The maximum atomic E-state index is 12.0. The molecule has 0 radical (unpaired) electrons. The molecule has 88 valence electrons. The molecule has 1 saturated carbocycles. The van der Waals surface area contributed by atoms with Crippen LogP contribution < -0.4 is 0 Å². The van der Waals surface area contributed by atoms with Gasteiger partial charge in [0.1, 0.15) is 5.78 Å². The maximum Gasteiger partial charge on any atom is 0.142 e. The number of Topliss-reactive ketones (excluding diaryl/α,β-unsaturated/α-hetero) is 1. The molecule has 0 saturated heterocycles. The Balaban J connectivity index is 2.31. The van der Waals surface area contributed by atoms with E-state index in [0.717, 1.165) is 12.8 Å². The van der Waals surface area contributed by atoms with E-state index in [4.69, 9.17) is 0 Å². The molecule has 0 bridgehead atoms. The van der Waals surface area contributed by atoms with Crippen LogP contribution in [0.15, 0.2) is 24.3 Å². The second kappa shape index (κ2) is 4.54. The molecule has 0 aliphatic heterocycles. The van der Waals surface area contributed by atoms with Gasteiger partial charge in [-0.3, -0.25) is 4.79 Å². The quantitative estimate of drug-likeness (QED) is 0.776. The van der Waals surface area contributed by atoms with E-state index in [2.05, 4.69) is 0 Å². The third-order valence-electron chi connectivity index (χ3n) is 4.16. The summed E-state index contributed by atoms with van der Waals surface area (Å²) in [6.45, 7) is 1.61. The third kappa shape index (κ3) is 1.75. The van der Waals surface area contributed by atoms with Crippen LogP contribution in [0.2, 0.25) is 0 Å². The van der Waals surface area contributed by atoms with Gasteiger partial charge in [0.25, 0.3) is 0 Å². The Hall–Kier alpha value is -0.890. The first kappa shape index (κ1) is 11.6. The zero-order valence-electron chi connectivity index (χ0n) is 9.86. The third-order valence-corrected chi connectivity index (χ3v) is 4.16. The van der Waals surface area contributed by atoms with E-state index in [9.17, 15) is 9.90 Å². The van der Waals surface area contributed by atoms with Crippen LogP contribution in [-0.2, 0) is 4.79 Å². The molecule has 2 aliphatic rings. The summed E-state index contributed by atoms with van der Waals surface area (Å²) in [6, 6.07) is 0. The smallest absolute Gasteiger partial charge is 0.142 e. The molecular formula is C14H20O2. The van der Waals surface area contributed by atoms with Crippen molar-refractivity contribution in [1.82, 2.24) is 0 Å². The van der Waals surface area contributed by atoms with Gasteiger partial charge in [-0.2, -0.15) is 0 Å². The Bertz CT molecular complexity index is 324. The van der Waals surface area contributed by atoms with Gasteiger partial charge in [0.05, 0.1) is 11.5 Å². The van der Waals surface area contributed by atoms with Gasteiger partial charge in [0.2, 0.25) is 0 Å². The van der Waals surface area contributed by atoms with Crippen LogP contribution in [0.4, 0.5) is 0 Å². The van der Waals surface area contributed by atoms with Gasteiger partial charge >= 0.3 is 0 Å². The number of hydrogen-bond donors (Lipinski definition) is 1. The van der Waals surface area contributed by atoms with Crippen LogP contribution >= 0.6 is 0 Å². The minimum atomic E-state index is -0.644. The molecule has 1 N–H and O–H groups in total. The normalized spacial score (nSPS) is 35.2. The lowest BCUT2D eigenvalue weighted by molar-refractivity contribution is -0.132. The number of hydrogen-bond acceptors (Lipinski definition) is 2. The van der Waals surface area contributed by atoms with Crippen LogP contribution in [0.5, 0.6) is 0 Å². The number of aliphatic hydroxyl groups excluding tert-OH is 1. The highest BCUT2D eigenvalue weighted by molar-refractivity contribution is 5.86. The fraction of sp³-hybridized carbons (Fsp3) is 0.643. The average Bonchev–Trinajstić information content (AvgIpc) is 2.30. The van der Waals surface area contributed by atoms with E-state index in [0.29, 0.717) is 5.92 Å². The minimum Gasteiger partial charge on any atom is -0.388 e. The molecule has 2 nitrogen and oxygen atoms in total. The second-order valence-corrected chi connectivity index (χ2v) is 5.01. The second-order valence-electron chi connectivity index (χ2n) is 5.01. The molecule has 0 amide bonds. The number of aliphatic hydroxyl groups is 1. The molecule has 16 heavy (non-hydrogen) atoms. The van der Waals surface area contributed by atoms with Crippen molar-refractivity contribution in [2.24, 2.45) is 11.3 Å². The van der Waals surface area contributed by atoms with E-state index >= 15 is 0 Å². The highest BCUT2D eigenvalue weighted by atomic mass is 16.3. The number of carbonyl (C=O) groups is 1. The minimum absolute atomic E-state index is 0.104. The molecule has 0 aromatic heterocycles. The first-order valence-corrected chi connectivity index (χ1v) is 6.23. The van der Waals surface area contributed by atoms with Crippen molar-refractivity contribution >= 4 is 5.78 Å². The number of rotatable bonds is 2. The average molecular weight is 220 g/mol. The van der Waals surface area contributed by atoms with Crippen molar-refractivity contribution in [2.75, 3.05) is 0 Å². The summed E-state index contributed by atoms with van der Waals surface area (Å²) >= 11 is 0. The molecule has 2 unspecified atom stereocenters. The Labute approximate surface area is 97.0 Å². The summed E-state index contributed by atoms with van der Waals surface area (Å²) in [5.74, 6) is 0.419. The van der Waals surface area contributed by atoms with Crippen molar-refractivity contribution in [3.05, 3.63) is 24.3 Å². The molecule has 2 heteroatoms. The van der Waals surface area contributed by atoms with E-state index in [1.165, 1.54) is 19.3 Å². The summed E-state index contributed by atoms with van der Waals surface area (Å²) in [7, 11) is 0. The lowest BCUT2D eigenvalue weighted by Crippen LogP contribution is -2.46. The topological polar surface area (TPSA) is 37.3 Å². The van der Waals surface area contributed by atoms with Crippen molar-refractivity contribution < 1.29 is 9.90 Å². The molecule has 0 spiro atoms. The Morgan fingerprint density at radius 1 is 1.25 bits per heavy atom. The van der Waals surface area contributed by atoms with E-state index < -0.39 is 11.5 Å². The Morgan fingerprint density at radius 3 is 2.50 bits per heavy atom. The van der Waals surface area contributed by atoms with Crippen molar-refractivity contribution in [1.29, 1.82) is 0 Å². The largest absolute Gasteiger partial charge is 0.388 e.